The average Bonchev–Trinajstić information content (AvgIpc) is 1.80. The Morgan fingerprint density at radius 2 is 2.22 bits per heavy atom. The van der Waals surface area contributed by atoms with Gasteiger partial charge in [-0.15, -0.1) is 0 Å². The molecule has 0 bridgehead atoms. The van der Waals surface area contributed by atoms with E-state index in [1.54, 1.807) is 0 Å². The number of hydrogen-bond donors (Lipinski definition) is 0. The molecule has 0 aromatic carbocycles. The van der Waals surface area contributed by atoms with Crippen LogP contribution in [0.15, 0.2) is 0 Å². The van der Waals surface area contributed by atoms with E-state index >= 15 is 0 Å². The van der Waals surface area contributed by atoms with Gasteiger partial charge in [-0.2, -0.15) is 0 Å². The Morgan fingerprint density at radius 1 is 1.56 bits per heavy atom. The monoisotopic (exact) mass is 239 g/mol. The number of rotatable bonds is 0. The van der Waals surface area contributed by atoms with E-state index < -0.39 is 0 Å². The molecule has 0 aromatic heterocycles. The van der Waals surface area contributed by atoms with Crippen molar-refractivity contribution in [2.24, 2.45) is 0 Å². The third-order valence-electron chi connectivity index (χ3n) is 2.14. The first-order valence-corrected chi connectivity index (χ1v) is 4.79. The molecular weight excluding hydrogens is 225 g/mol. The highest BCUT2D eigenvalue weighted by molar-refractivity contribution is 14.1. The van der Waals surface area contributed by atoms with Crippen molar-refractivity contribution >= 4 is 22.6 Å². The Kier molecular flexibility index (Phi) is 2.76. The van der Waals surface area contributed by atoms with Gasteiger partial charge in [-0.05, 0) is 33.4 Å². The van der Waals surface area contributed by atoms with Crippen LogP contribution in [0.4, 0.5) is 0 Å². The fourth-order valence-corrected chi connectivity index (χ4v) is 2.25. The second-order valence-corrected chi connectivity index (χ2v) is 4.71. The summed E-state index contributed by atoms with van der Waals surface area (Å²) in [6, 6.07) is 0.806. The largest absolute Gasteiger partial charge is 0.304 e. The molecule has 1 nitrogen and oxygen atoms in total. The van der Waals surface area contributed by atoms with E-state index in [0.29, 0.717) is 0 Å². The number of hydrogen-bond acceptors (Lipinski definition) is 1. The summed E-state index contributed by atoms with van der Waals surface area (Å²) in [5, 5.41) is 0. The van der Waals surface area contributed by atoms with Gasteiger partial charge in [-0.1, -0.05) is 22.6 Å². The first-order valence-electron chi connectivity index (χ1n) is 3.54. The predicted molar refractivity (Wildman–Crippen MR) is 49.1 cm³/mol. The minimum atomic E-state index is 0.806. The van der Waals surface area contributed by atoms with Gasteiger partial charge in [0.1, 0.15) is 0 Å². The fourth-order valence-electron chi connectivity index (χ4n) is 1.23. The first kappa shape index (κ1) is 7.79. The molecule has 0 radical (unpaired) electrons. The van der Waals surface area contributed by atoms with Gasteiger partial charge in [0.2, 0.25) is 0 Å². The number of nitrogens with zero attached hydrogens (tertiary/aromatic N) is 1. The van der Waals surface area contributed by atoms with Crippen LogP contribution in [0.2, 0.25) is 0 Å². The Labute approximate surface area is 70.9 Å². The van der Waals surface area contributed by atoms with E-state index in [0.717, 1.165) is 9.97 Å². The molecule has 54 valence electrons. The van der Waals surface area contributed by atoms with Crippen LogP contribution in [0.3, 0.4) is 0 Å². The molecule has 0 N–H and O–H groups in total. The van der Waals surface area contributed by atoms with Crippen molar-refractivity contribution < 1.29 is 0 Å². The standard InChI is InChI=1S/C7H14IN/c1-6-5-7(8)3-4-9(6)2/h6-7H,3-5H2,1-2H3/t6-,7?/m0/s1. The molecule has 1 aliphatic heterocycles. The normalized spacial score (nSPS) is 39.0. The quantitative estimate of drug-likeness (QED) is 0.461. The second kappa shape index (κ2) is 3.19. The van der Waals surface area contributed by atoms with Crippen LogP contribution in [-0.2, 0) is 0 Å². The predicted octanol–water partition coefficient (Wildman–Crippen LogP) is 1.90. The van der Waals surface area contributed by atoms with E-state index in [2.05, 4.69) is 41.5 Å². The van der Waals surface area contributed by atoms with Crippen LogP contribution in [0.5, 0.6) is 0 Å². The summed E-state index contributed by atoms with van der Waals surface area (Å²) in [6.45, 7) is 3.60. The van der Waals surface area contributed by atoms with E-state index in [1.807, 2.05) is 0 Å². The molecule has 0 amide bonds. The maximum Gasteiger partial charge on any atom is 0.0136 e. The summed E-state index contributed by atoms with van der Waals surface area (Å²) < 4.78 is 0.925. The van der Waals surface area contributed by atoms with Gasteiger partial charge < -0.3 is 4.90 Å². The second-order valence-electron chi connectivity index (χ2n) is 2.95. The van der Waals surface area contributed by atoms with Gasteiger partial charge in [0.15, 0.2) is 0 Å². The molecule has 0 aromatic rings. The lowest BCUT2D eigenvalue weighted by molar-refractivity contribution is 0.208. The summed E-state index contributed by atoms with van der Waals surface area (Å²) in [5.41, 5.74) is 0. The van der Waals surface area contributed by atoms with E-state index in [1.165, 1.54) is 19.4 Å². The first-order chi connectivity index (χ1) is 4.20. The highest BCUT2D eigenvalue weighted by Gasteiger charge is 2.19. The molecule has 9 heavy (non-hydrogen) atoms. The number of likely N-dealkylation sites (tertiary alicyclic amines) is 1. The van der Waals surface area contributed by atoms with Gasteiger partial charge in [-0.3, -0.25) is 0 Å². The van der Waals surface area contributed by atoms with E-state index in [-0.39, 0.29) is 0 Å². The molecule has 0 aliphatic carbocycles. The fraction of sp³-hybridized carbons (Fsp3) is 1.00. The third-order valence-corrected chi connectivity index (χ3v) is 3.28. The minimum absolute atomic E-state index is 0.806. The molecule has 1 rings (SSSR count). The van der Waals surface area contributed by atoms with Gasteiger partial charge in [0, 0.05) is 9.97 Å². The van der Waals surface area contributed by atoms with Crippen molar-refractivity contribution in [1.29, 1.82) is 0 Å². The average molecular weight is 239 g/mol. The molecule has 0 spiro atoms. The van der Waals surface area contributed by atoms with E-state index in [4.69, 9.17) is 0 Å². The zero-order valence-electron chi connectivity index (χ0n) is 6.10. The summed E-state index contributed by atoms with van der Waals surface area (Å²) in [6.07, 6.45) is 2.75. The zero-order valence-corrected chi connectivity index (χ0v) is 8.26. The van der Waals surface area contributed by atoms with Crippen LogP contribution in [0.1, 0.15) is 19.8 Å². The van der Waals surface area contributed by atoms with Gasteiger partial charge in [-0.25, -0.2) is 0 Å². The Balaban J connectivity index is 2.35. The Bertz CT molecular complexity index is 94.9. The molecule has 2 heteroatoms. The minimum Gasteiger partial charge on any atom is -0.304 e. The molecule has 1 fully saturated rings. The number of halogens is 1. The lowest BCUT2D eigenvalue weighted by Crippen LogP contribution is -2.37. The lowest BCUT2D eigenvalue weighted by Gasteiger charge is -2.32. The molecule has 2 atom stereocenters. The van der Waals surface area contributed by atoms with Gasteiger partial charge in [0.25, 0.3) is 0 Å². The van der Waals surface area contributed by atoms with Crippen molar-refractivity contribution in [2.45, 2.75) is 29.7 Å². The maximum absolute atomic E-state index is 2.56. The molecule has 1 heterocycles. The van der Waals surface area contributed by atoms with Gasteiger partial charge >= 0.3 is 0 Å². The summed E-state index contributed by atoms with van der Waals surface area (Å²) in [7, 11) is 2.22. The number of alkyl halides is 1. The highest BCUT2D eigenvalue weighted by atomic mass is 127. The SMILES string of the molecule is C[C@H]1CC(I)CCN1C. The Morgan fingerprint density at radius 3 is 2.67 bits per heavy atom. The van der Waals surface area contributed by atoms with E-state index in [9.17, 15) is 0 Å². The zero-order chi connectivity index (χ0) is 6.85. The van der Waals surface area contributed by atoms with Crippen molar-refractivity contribution in [3.05, 3.63) is 0 Å². The van der Waals surface area contributed by atoms with Crippen LogP contribution in [-0.4, -0.2) is 28.5 Å². The summed E-state index contributed by atoms with van der Waals surface area (Å²) >= 11 is 2.56. The summed E-state index contributed by atoms with van der Waals surface area (Å²) in [5.74, 6) is 0. The molecule has 1 aliphatic rings. The topological polar surface area (TPSA) is 3.24 Å². The van der Waals surface area contributed by atoms with Crippen molar-refractivity contribution in [3.63, 3.8) is 0 Å². The van der Waals surface area contributed by atoms with Crippen LogP contribution in [0, 0.1) is 0 Å². The number of piperidine rings is 1. The van der Waals surface area contributed by atoms with Gasteiger partial charge in [0.05, 0.1) is 0 Å². The van der Waals surface area contributed by atoms with Crippen LogP contribution < -0.4 is 0 Å². The van der Waals surface area contributed by atoms with Crippen LogP contribution >= 0.6 is 22.6 Å². The highest BCUT2D eigenvalue weighted by Crippen LogP contribution is 2.21. The molecule has 1 saturated heterocycles. The smallest absolute Gasteiger partial charge is 0.0136 e. The van der Waals surface area contributed by atoms with Crippen molar-refractivity contribution in [1.82, 2.24) is 4.90 Å². The third kappa shape index (κ3) is 2.08. The van der Waals surface area contributed by atoms with Crippen molar-refractivity contribution in [3.8, 4) is 0 Å². The molecule has 1 unspecified atom stereocenters. The molecule has 0 saturated carbocycles. The summed E-state index contributed by atoms with van der Waals surface area (Å²) in [4.78, 5) is 2.44. The van der Waals surface area contributed by atoms with Crippen LogP contribution in [0.25, 0.3) is 0 Å². The van der Waals surface area contributed by atoms with Crippen molar-refractivity contribution in [2.75, 3.05) is 13.6 Å². The Hall–Kier alpha value is 0.690. The molecular formula is C7H14IN. The lowest BCUT2D eigenvalue weighted by atomic mass is 10.1. The maximum atomic E-state index is 2.56.